The molecule has 0 amide bonds. The summed E-state index contributed by atoms with van der Waals surface area (Å²) in [4.78, 5) is 18.8. The average Bonchev–Trinajstić information content (AvgIpc) is 2.83. The van der Waals surface area contributed by atoms with Crippen LogP contribution in [-0.2, 0) is 0 Å². The van der Waals surface area contributed by atoms with Crippen molar-refractivity contribution in [2.45, 2.75) is 38.5 Å². The third-order valence-corrected chi connectivity index (χ3v) is 5.75. The lowest BCUT2D eigenvalue weighted by Gasteiger charge is -2.30. The van der Waals surface area contributed by atoms with Crippen molar-refractivity contribution in [3.05, 3.63) is 23.8 Å². The highest BCUT2D eigenvalue weighted by atomic mass is 16.5. The molecule has 0 aliphatic carbocycles. The smallest absolute Gasteiger partial charge is 0.252 e. The van der Waals surface area contributed by atoms with E-state index in [4.69, 9.17) is 19.7 Å². The van der Waals surface area contributed by atoms with Crippen molar-refractivity contribution in [1.29, 1.82) is 0 Å². The van der Waals surface area contributed by atoms with E-state index in [0.29, 0.717) is 11.7 Å². The molecule has 1 N–H and O–H groups in total. The molecule has 0 radical (unpaired) electrons. The Bertz CT molecular complexity index is 872. The Labute approximate surface area is 183 Å². The number of hydrazone groups is 1. The SMILES string of the molecule is COc1ccc(C=NN(C)c2nc(N3CCCCC3)nc(N3CCCCC3)n2)cc1O. The fourth-order valence-corrected chi connectivity index (χ4v) is 3.95. The zero-order chi connectivity index (χ0) is 21.6. The maximum atomic E-state index is 9.99. The summed E-state index contributed by atoms with van der Waals surface area (Å²) in [6, 6.07) is 5.16. The largest absolute Gasteiger partial charge is 0.504 e. The molecule has 0 unspecified atom stereocenters. The Hall–Kier alpha value is -3.10. The van der Waals surface area contributed by atoms with Crippen molar-refractivity contribution in [3.63, 3.8) is 0 Å². The Morgan fingerprint density at radius 3 is 2.03 bits per heavy atom. The first kappa shape index (κ1) is 21.1. The van der Waals surface area contributed by atoms with E-state index in [9.17, 15) is 5.11 Å². The van der Waals surface area contributed by atoms with Crippen molar-refractivity contribution in [1.82, 2.24) is 15.0 Å². The first-order valence-electron chi connectivity index (χ1n) is 11.0. The Kier molecular flexibility index (Phi) is 6.69. The second-order valence-electron chi connectivity index (χ2n) is 8.03. The van der Waals surface area contributed by atoms with Gasteiger partial charge >= 0.3 is 0 Å². The van der Waals surface area contributed by atoms with Crippen LogP contribution in [-0.4, -0.2) is 66.6 Å². The van der Waals surface area contributed by atoms with Crippen LogP contribution in [0.3, 0.4) is 0 Å². The predicted octanol–water partition coefficient (Wildman–Crippen LogP) is 3.04. The number of rotatable bonds is 6. The molecule has 2 fully saturated rings. The van der Waals surface area contributed by atoms with Crippen LogP contribution in [0.4, 0.5) is 17.8 Å². The topological polar surface area (TPSA) is 90.2 Å². The van der Waals surface area contributed by atoms with Gasteiger partial charge in [0.15, 0.2) is 11.5 Å². The minimum atomic E-state index is 0.0778. The number of methoxy groups -OCH3 is 1. The van der Waals surface area contributed by atoms with Gasteiger partial charge in [-0.1, -0.05) is 0 Å². The Morgan fingerprint density at radius 1 is 0.935 bits per heavy atom. The highest BCUT2D eigenvalue weighted by molar-refractivity contribution is 5.81. The molecule has 9 heteroatoms. The summed E-state index contributed by atoms with van der Waals surface area (Å²) in [7, 11) is 3.35. The van der Waals surface area contributed by atoms with E-state index in [1.54, 1.807) is 23.4 Å². The van der Waals surface area contributed by atoms with E-state index in [0.717, 1.165) is 69.3 Å². The minimum absolute atomic E-state index is 0.0778. The van der Waals surface area contributed by atoms with Crippen molar-refractivity contribution in [2.75, 3.05) is 55.1 Å². The highest BCUT2D eigenvalue weighted by Crippen LogP contribution is 2.26. The number of phenolic OH excluding ortho intramolecular Hbond substituents is 1. The van der Waals surface area contributed by atoms with Gasteiger partial charge in [-0.3, -0.25) is 0 Å². The molecule has 2 aromatic rings. The van der Waals surface area contributed by atoms with E-state index in [1.807, 2.05) is 13.1 Å². The van der Waals surface area contributed by atoms with Crippen LogP contribution < -0.4 is 19.5 Å². The third-order valence-electron chi connectivity index (χ3n) is 5.75. The zero-order valence-corrected chi connectivity index (χ0v) is 18.4. The molecule has 2 aliphatic rings. The summed E-state index contributed by atoms with van der Waals surface area (Å²) >= 11 is 0. The molecule has 2 aliphatic heterocycles. The van der Waals surface area contributed by atoms with Crippen LogP contribution in [0, 0.1) is 0 Å². The molecule has 1 aromatic carbocycles. The van der Waals surface area contributed by atoms with Crippen LogP contribution in [0.5, 0.6) is 11.5 Å². The van der Waals surface area contributed by atoms with Crippen molar-refractivity contribution >= 4 is 24.1 Å². The van der Waals surface area contributed by atoms with E-state index >= 15 is 0 Å². The van der Waals surface area contributed by atoms with E-state index in [2.05, 4.69) is 14.9 Å². The second-order valence-corrected chi connectivity index (χ2v) is 8.03. The molecule has 31 heavy (non-hydrogen) atoms. The lowest BCUT2D eigenvalue weighted by atomic mass is 10.1. The number of hydrogen-bond donors (Lipinski definition) is 1. The summed E-state index contributed by atoms with van der Waals surface area (Å²) < 4.78 is 5.10. The monoisotopic (exact) mass is 425 g/mol. The van der Waals surface area contributed by atoms with Crippen molar-refractivity contribution in [2.24, 2.45) is 5.10 Å². The summed E-state index contributed by atoms with van der Waals surface area (Å²) in [6.07, 6.45) is 8.83. The first-order chi connectivity index (χ1) is 15.1. The summed E-state index contributed by atoms with van der Waals surface area (Å²) in [5, 5.41) is 16.1. The molecular weight excluding hydrogens is 394 g/mol. The van der Waals surface area contributed by atoms with Crippen molar-refractivity contribution in [3.8, 4) is 11.5 Å². The van der Waals surface area contributed by atoms with Crippen LogP contribution in [0.1, 0.15) is 44.1 Å². The molecular formula is C22H31N7O2. The molecule has 0 bridgehead atoms. The summed E-state index contributed by atoms with van der Waals surface area (Å²) in [5.74, 6) is 2.49. The van der Waals surface area contributed by atoms with Crippen molar-refractivity contribution < 1.29 is 9.84 Å². The van der Waals surface area contributed by atoms with Gasteiger partial charge in [-0.05, 0) is 62.3 Å². The maximum absolute atomic E-state index is 9.99. The molecule has 166 valence electrons. The highest BCUT2D eigenvalue weighted by Gasteiger charge is 2.21. The number of hydrogen-bond acceptors (Lipinski definition) is 9. The van der Waals surface area contributed by atoms with Crippen LogP contribution >= 0.6 is 0 Å². The predicted molar refractivity (Wildman–Crippen MR) is 123 cm³/mol. The summed E-state index contributed by atoms with van der Waals surface area (Å²) in [6.45, 7) is 3.89. The molecule has 0 spiro atoms. The van der Waals surface area contributed by atoms with E-state index in [-0.39, 0.29) is 5.75 Å². The zero-order valence-electron chi connectivity index (χ0n) is 18.4. The number of ether oxygens (including phenoxy) is 1. The van der Waals surface area contributed by atoms with Gasteiger partial charge in [0.25, 0.3) is 5.95 Å². The van der Waals surface area contributed by atoms with Gasteiger partial charge in [-0.25, -0.2) is 5.01 Å². The van der Waals surface area contributed by atoms with Crippen LogP contribution in [0.25, 0.3) is 0 Å². The van der Waals surface area contributed by atoms with Gasteiger partial charge in [0.1, 0.15) is 0 Å². The number of nitrogens with zero attached hydrogens (tertiary/aromatic N) is 7. The number of phenols is 1. The maximum Gasteiger partial charge on any atom is 0.252 e. The van der Waals surface area contributed by atoms with Gasteiger partial charge in [-0.15, -0.1) is 0 Å². The van der Waals surface area contributed by atoms with Crippen LogP contribution in [0.2, 0.25) is 0 Å². The lowest BCUT2D eigenvalue weighted by molar-refractivity contribution is 0.373. The number of piperidine rings is 2. The minimum Gasteiger partial charge on any atom is -0.504 e. The Balaban J connectivity index is 1.59. The van der Waals surface area contributed by atoms with Gasteiger partial charge in [0, 0.05) is 33.2 Å². The fourth-order valence-electron chi connectivity index (χ4n) is 3.95. The molecule has 0 saturated carbocycles. The molecule has 9 nitrogen and oxygen atoms in total. The second kappa shape index (κ2) is 9.80. The molecule has 2 saturated heterocycles. The fraction of sp³-hybridized carbons (Fsp3) is 0.545. The number of aromatic hydroxyl groups is 1. The Morgan fingerprint density at radius 2 is 1.52 bits per heavy atom. The molecule has 3 heterocycles. The number of benzene rings is 1. The first-order valence-corrected chi connectivity index (χ1v) is 11.0. The molecule has 0 atom stereocenters. The summed E-state index contributed by atoms with van der Waals surface area (Å²) in [5.41, 5.74) is 0.756. The average molecular weight is 426 g/mol. The normalized spacial score (nSPS) is 17.2. The van der Waals surface area contributed by atoms with Gasteiger partial charge in [0.2, 0.25) is 11.9 Å². The number of anilines is 3. The number of aromatic nitrogens is 3. The van der Waals surface area contributed by atoms with E-state index in [1.165, 1.54) is 20.0 Å². The lowest BCUT2D eigenvalue weighted by Crippen LogP contribution is -2.35. The quantitative estimate of drug-likeness (QED) is 0.558. The van der Waals surface area contributed by atoms with Crippen LogP contribution in [0.15, 0.2) is 23.3 Å². The third kappa shape index (κ3) is 5.15. The van der Waals surface area contributed by atoms with Gasteiger partial charge in [-0.2, -0.15) is 20.1 Å². The van der Waals surface area contributed by atoms with Gasteiger partial charge in [0.05, 0.1) is 13.3 Å². The van der Waals surface area contributed by atoms with E-state index < -0.39 is 0 Å². The molecule has 4 rings (SSSR count). The van der Waals surface area contributed by atoms with Gasteiger partial charge < -0.3 is 19.6 Å². The standard InChI is InChI=1S/C22H31N7O2/c1-27(23-16-17-9-10-19(31-2)18(30)15-17)20-24-21(28-11-5-3-6-12-28)26-22(25-20)29-13-7-4-8-14-29/h9-10,15-16,30H,3-8,11-14H2,1-2H3. The molecule has 1 aromatic heterocycles.